The van der Waals surface area contributed by atoms with E-state index < -0.39 is 15.4 Å². The Morgan fingerprint density at radius 1 is 0.270 bits per heavy atom. The van der Waals surface area contributed by atoms with Crippen LogP contribution < -0.4 is 4.90 Å². The lowest BCUT2D eigenvalue weighted by atomic mass is 9.67. The first-order chi connectivity index (χ1) is 31.3. The summed E-state index contributed by atoms with van der Waals surface area (Å²) in [6, 6.07) is 100. The van der Waals surface area contributed by atoms with E-state index in [0.29, 0.717) is 0 Å². The van der Waals surface area contributed by atoms with Gasteiger partial charge in [-0.3, -0.25) is 0 Å². The number of anilines is 3. The molecule has 0 unspecified atom stereocenters. The molecule has 10 aromatic rings. The molecule has 0 aromatic heterocycles. The van der Waals surface area contributed by atoms with Gasteiger partial charge in [-0.2, -0.15) is 0 Å². The van der Waals surface area contributed by atoms with Gasteiger partial charge >= 0.3 is 0 Å². The molecule has 63 heavy (non-hydrogen) atoms. The van der Waals surface area contributed by atoms with Crippen molar-refractivity contribution in [2.24, 2.45) is 0 Å². The van der Waals surface area contributed by atoms with E-state index in [0.717, 1.165) is 17.1 Å². The van der Waals surface area contributed by atoms with E-state index in [1.807, 2.05) is 0 Å². The molecule has 0 fully saturated rings. The monoisotopic (exact) mass is 823 g/mol. The van der Waals surface area contributed by atoms with Crippen molar-refractivity contribution in [2.45, 2.75) is 25.0 Å². The number of benzene rings is 10. The first kappa shape index (κ1) is 38.3. The molecule has 0 amide bonds. The van der Waals surface area contributed by atoms with Crippen molar-refractivity contribution in [1.82, 2.24) is 0 Å². The van der Waals surface area contributed by atoms with Gasteiger partial charge in [0.25, 0.3) is 0 Å². The summed E-state index contributed by atoms with van der Waals surface area (Å²) in [6.07, 6.45) is 0. The minimum Gasteiger partial charge on any atom is -0.310 e. The summed E-state index contributed by atoms with van der Waals surface area (Å²) in [5, 5.41) is 0. The molecule has 0 saturated carbocycles. The number of para-hydroxylation sites is 1. The molecule has 0 N–H and O–H groups in total. The molecule has 11 rings (SSSR count). The van der Waals surface area contributed by atoms with Crippen molar-refractivity contribution >= 4 is 27.1 Å². The van der Waals surface area contributed by atoms with Crippen LogP contribution in [0.15, 0.2) is 293 Å². The highest BCUT2D eigenvalue weighted by Crippen LogP contribution is 2.73. The number of hydrogen-bond acceptors (Lipinski definition) is 1. The summed E-state index contributed by atoms with van der Waals surface area (Å²) in [6.45, 7) is 0. The van der Waals surface area contributed by atoms with Crippen LogP contribution in [0, 0.1) is 0 Å². The molecular formula is C61H45NS. The Hall–Kier alpha value is -7.65. The van der Waals surface area contributed by atoms with Crippen LogP contribution in [0.3, 0.4) is 0 Å². The number of fused-ring (bicyclic) bond motifs is 3. The van der Waals surface area contributed by atoms with Gasteiger partial charge in [0.05, 0.1) is 5.41 Å². The van der Waals surface area contributed by atoms with Crippen molar-refractivity contribution in [2.75, 3.05) is 4.90 Å². The quantitative estimate of drug-likeness (QED) is 0.133. The van der Waals surface area contributed by atoms with Crippen LogP contribution in [-0.4, -0.2) is 0 Å². The van der Waals surface area contributed by atoms with Crippen molar-refractivity contribution in [3.63, 3.8) is 0 Å². The van der Waals surface area contributed by atoms with Crippen LogP contribution in [0.2, 0.25) is 0 Å². The molecule has 0 spiro atoms. The zero-order valence-corrected chi connectivity index (χ0v) is 35.7. The molecule has 2 heteroatoms. The average molecular weight is 824 g/mol. The Kier molecular flexibility index (Phi) is 9.92. The van der Waals surface area contributed by atoms with Gasteiger partial charge in [0.15, 0.2) is 0 Å². The molecule has 0 saturated heterocycles. The highest BCUT2D eigenvalue weighted by atomic mass is 32.3. The maximum absolute atomic E-state index is 2.44. The third kappa shape index (κ3) is 6.42. The van der Waals surface area contributed by atoms with Gasteiger partial charge in [-0.05, 0) is 129 Å². The van der Waals surface area contributed by atoms with Crippen LogP contribution >= 0.6 is 10.0 Å². The summed E-state index contributed by atoms with van der Waals surface area (Å²) in [5.74, 6) is 0. The number of rotatable bonds is 10. The van der Waals surface area contributed by atoms with Crippen molar-refractivity contribution in [3.8, 4) is 22.3 Å². The molecule has 1 nitrogen and oxygen atoms in total. The Bertz CT molecular complexity index is 2980. The number of hydrogen-bond donors (Lipinski definition) is 0. The fourth-order valence-corrected chi connectivity index (χ4v) is 13.8. The third-order valence-electron chi connectivity index (χ3n) is 12.7. The second kappa shape index (κ2) is 16.3. The lowest BCUT2D eigenvalue weighted by Crippen LogP contribution is -2.28. The molecule has 0 atom stereocenters. The summed E-state index contributed by atoms with van der Waals surface area (Å²) < 4.78 is 0. The molecule has 0 heterocycles. The van der Waals surface area contributed by atoms with E-state index in [-0.39, 0.29) is 0 Å². The van der Waals surface area contributed by atoms with Gasteiger partial charge in [0.1, 0.15) is 0 Å². The summed E-state index contributed by atoms with van der Waals surface area (Å²) in [4.78, 5) is 7.67. The van der Waals surface area contributed by atoms with E-state index in [4.69, 9.17) is 0 Å². The van der Waals surface area contributed by atoms with Crippen LogP contribution in [0.1, 0.15) is 22.3 Å². The van der Waals surface area contributed by atoms with Gasteiger partial charge in [-0.15, -0.1) is 10.0 Å². The van der Waals surface area contributed by atoms with Gasteiger partial charge in [0.2, 0.25) is 0 Å². The van der Waals surface area contributed by atoms with Crippen molar-refractivity contribution in [3.05, 3.63) is 295 Å². The van der Waals surface area contributed by atoms with Gasteiger partial charge in [0, 0.05) is 36.6 Å². The Balaban J connectivity index is 1.01. The lowest BCUT2D eigenvalue weighted by Gasteiger charge is -2.42. The van der Waals surface area contributed by atoms with Crippen LogP contribution in [0.4, 0.5) is 17.1 Å². The van der Waals surface area contributed by atoms with Crippen molar-refractivity contribution < 1.29 is 0 Å². The summed E-state index contributed by atoms with van der Waals surface area (Å²) in [7, 11) is -1.76. The highest BCUT2D eigenvalue weighted by Gasteiger charge is 2.46. The normalized spacial score (nSPS) is 12.8. The van der Waals surface area contributed by atoms with E-state index in [2.05, 4.69) is 278 Å². The maximum atomic E-state index is 2.44. The summed E-state index contributed by atoms with van der Waals surface area (Å²) >= 11 is 0. The zero-order chi connectivity index (χ0) is 42.1. The number of nitrogens with zero attached hydrogens (tertiary/aromatic N) is 1. The van der Waals surface area contributed by atoms with E-state index >= 15 is 0 Å². The third-order valence-corrected chi connectivity index (χ3v) is 16.6. The Morgan fingerprint density at radius 2 is 0.635 bits per heavy atom. The first-order valence-electron chi connectivity index (χ1n) is 21.7. The van der Waals surface area contributed by atoms with Crippen LogP contribution in [0.5, 0.6) is 0 Å². The SMILES string of the molecule is c1ccc(N(c2ccc(-c3ccc(S(c4ccccc4)(c4ccccc4)c4ccccc4)cc3)cc2)c2ccc3c(c2)C(c2ccccc2)(c2ccccc2)c2ccccc2-3)cc1. The standard InChI is InChI=1S/C61H45NS/c1-7-21-48(22-8-1)61(49-23-9-2-10-24-49)59-34-20-19-33-57(59)58-44-41-52(45-60(58)61)62(50-25-11-3-12-26-50)51-39-35-46(36-40-51)47-37-42-56(43-38-47)63(53-27-13-4-14-28-53,54-29-15-5-16-30-54)55-31-17-6-18-32-55/h1-45H. The summed E-state index contributed by atoms with van der Waals surface area (Å²) in [5.41, 5.74) is 12.9. The Labute approximate surface area is 372 Å². The van der Waals surface area contributed by atoms with Gasteiger partial charge in [-0.1, -0.05) is 188 Å². The molecule has 1 aliphatic rings. The second-order valence-corrected chi connectivity index (χ2v) is 19.2. The minimum atomic E-state index is -1.76. The zero-order valence-electron chi connectivity index (χ0n) is 34.8. The molecule has 300 valence electrons. The van der Waals surface area contributed by atoms with Crippen LogP contribution in [-0.2, 0) is 5.41 Å². The van der Waals surface area contributed by atoms with Crippen LogP contribution in [0.25, 0.3) is 22.3 Å². The fraction of sp³-hybridized carbons (Fsp3) is 0.0164. The first-order valence-corrected chi connectivity index (χ1v) is 23.3. The van der Waals surface area contributed by atoms with E-state index in [9.17, 15) is 0 Å². The Morgan fingerprint density at radius 3 is 1.14 bits per heavy atom. The lowest BCUT2D eigenvalue weighted by molar-refractivity contribution is 0.768. The highest BCUT2D eigenvalue weighted by molar-refractivity contribution is 8.34. The molecule has 1 aliphatic carbocycles. The van der Waals surface area contributed by atoms with Gasteiger partial charge in [-0.25, -0.2) is 0 Å². The van der Waals surface area contributed by atoms with E-state index in [1.54, 1.807) is 0 Å². The predicted molar refractivity (Wildman–Crippen MR) is 264 cm³/mol. The second-order valence-electron chi connectivity index (χ2n) is 16.1. The molecular weight excluding hydrogens is 779 g/mol. The molecule has 0 bridgehead atoms. The smallest absolute Gasteiger partial charge is 0.0714 e. The van der Waals surface area contributed by atoms with Gasteiger partial charge < -0.3 is 4.90 Å². The van der Waals surface area contributed by atoms with E-state index in [1.165, 1.54) is 64.1 Å². The maximum Gasteiger partial charge on any atom is 0.0714 e. The topological polar surface area (TPSA) is 3.24 Å². The molecule has 0 aliphatic heterocycles. The predicted octanol–water partition coefficient (Wildman–Crippen LogP) is 16.5. The fourth-order valence-electron chi connectivity index (χ4n) is 9.94. The minimum absolute atomic E-state index is 0.482. The molecule has 10 aromatic carbocycles. The largest absolute Gasteiger partial charge is 0.310 e. The average Bonchev–Trinajstić information content (AvgIpc) is 3.67. The molecule has 0 radical (unpaired) electrons. The van der Waals surface area contributed by atoms with Crippen molar-refractivity contribution in [1.29, 1.82) is 0 Å².